The number of primary amides is 1. The van der Waals surface area contributed by atoms with E-state index in [9.17, 15) is 4.79 Å². The van der Waals surface area contributed by atoms with Gasteiger partial charge in [-0.05, 0) is 49.9 Å². The first-order valence-corrected chi connectivity index (χ1v) is 5.83. The molecule has 4 heteroatoms. The van der Waals surface area contributed by atoms with E-state index >= 15 is 0 Å². The van der Waals surface area contributed by atoms with Crippen molar-refractivity contribution in [1.29, 1.82) is 0 Å². The van der Waals surface area contributed by atoms with Gasteiger partial charge in [-0.15, -0.1) is 0 Å². The van der Waals surface area contributed by atoms with E-state index in [0.29, 0.717) is 17.8 Å². The van der Waals surface area contributed by atoms with Gasteiger partial charge in [-0.1, -0.05) is 0 Å². The van der Waals surface area contributed by atoms with E-state index in [2.05, 4.69) is 0 Å². The molecule has 84 valence electrons. The van der Waals surface area contributed by atoms with Crippen LogP contribution in [0.1, 0.15) is 32.1 Å². The fraction of sp³-hybridized carbons (Fsp3) is 0.909. The molecule has 4 bridgehead atoms. The van der Waals surface area contributed by atoms with Crippen LogP contribution < -0.4 is 11.5 Å². The van der Waals surface area contributed by atoms with E-state index in [0.717, 1.165) is 12.8 Å². The van der Waals surface area contributed by atoms with Crippen LogP contribution >= 0.6 is 0 Å². The highest BCUT2D eigenvalue weighted by Crippen LogP contribution is 2.56. The summed E-state index contributed by atoms with van der Waals surface area (Å²) in [5.74, 6) is 1.97. The van der Waals surface area contributed by atoms with Crippen LogP contribution in [0.3, 0.4) is 0 Å². The van der Waals surface area contributed by atoms with Crippen LogP contribution in [-0.4, -0.2) is 17.7 Å². The SMILES string of the molecule is NC(=O)OC12CC3CC(CC(C3)C1N)C2. The van der Waals surface area contributed by atoms with E-state index in [1.807, 2.05) is 0 Å². The Bertz CT molecular complexity index is 291. The van der Waals surface area contributed by atoms with E-state index in [4.69, 9.17) is 16.2 Å². The van der Waals surface area contributed by atoms with Gasteiger partial charge in [-0.2, -0.15) is 0 Å². The molecule has 0 aromatic carbocycles. The van der Waals surface area contributed by atoms with Gasteiger partial charge in [-0.3, -0.25) is 0 Å². The van der Waals surface area contributed by atoms with E-state index in [-0.39, 0.29) is 6.04 Å². The predicted octanol–water partition coefficient (Wildman–Crippen LogP) is 0.988. The van der Waals surface area contributed by atoms with Gasteiger partial charge in [0.25, 0.3) is 0 Å². The van der Waals surface area contributed by atoms with Crippen LogP contribution in [0, 0.1) is 17.8 Å². The molecule has 3 unspecified atom stereocenters. The molecule has 4 fully saturated rings. The first-order chi connectivity index (χ1) is 7.09. The molecule has 15 heavy (non-hydrogen) atoms. The van der Waals surface area contributed by atoms with Gasteiger partial charge in [0.1, 0.15) is 5.60 Å². The lowest BCUT2D eigenvalue weighted by molar-refractivity contribution is -0.140. The Morgan fingerprint density at radius 2 is 1.80 bits per heavy atom. The third kappa shape index (κ3) is 1.27. The smallest absolute Gasteiger partial charge is 0.405 e. The Morgan fingerprint density at radius 1 is 1.20 bits per heavy atom. The van der Waals surface area contributed by atoms with Crippen molar-refractivity contribution >= 4 is 6.09 Å². The van der Waals surface area contributed by atoms with Gasteiger partial charge in [-0.25, -0.2) is 4.79 Å². The molecule has 4 rings (SSSR count). The zero-order chi connectivity index (χ0) is 10.6. The average molecular weight is 210 g/mol. The predicted molar refractivity (Wildman–Crippen MR) is 54.9 cm³/mol. The summed E-state index contributed by atoms with van der Waals surface area (Å²) >= 11 is 0. The minimum Gasteiger partial charge on any atom is -0.441 e. The summed E-state index contributed by atoms with van der Waals surface area (Å²) < 4.78 is 5.38. The average Bonchev–Trinajstić information content (AvgIpc) is 2.11. The Morgan fingerprint density at radius 3 is 2.33 bits per heavy atom. The van der Waals surface area contributed by atoms with E-state index in [1.165, 1.54) is 19.3 Å². The molecular weight excluding hydrogens is 192 g/mol. The van der Waals surface area contributed by atoms with Crippen LogP contribution in [0.2, 0.25) is 0 Å². The third-order valence-electron chi connectivity index (χ3n) is 4.63. The summed E-state index contributed by atoms with van der Waals surface area (Å²) in [7, 11) is 0. The molecule has 0 radical (unpaired) electrons. The lowest BCUT2D eigenvalue weighted by atomic mass is 9.52. The molecule has 4 N–H and O–H groups in total. The molecule has 4 aliphatic rings. The molecular formula is C11H18N2O2. The second-order valence-corrected chi connectivity index (χ2v) is 5.62. The van der Waals surface area contributed by atoms with Crippen LogP contribution in [0.25, 0.3) is 0 Å². The first kappa shape index (κ1) is 9.46. The Labute approximate surface area is 89.3 Å². The van der Waals surface area contributed by atoms with Crippen LogP contribution in [0.4, 0.5) is 4.79 Å². The molecule has 0 saturated heterocycles. The second kappa shape index (κ2) is 2.88. The van der Waals surface area contributed by atoms with Gasteiger partial charge < -0.3 is 16.2 Å². The highest BCUT2D eigenvalue weighted by atomic mass is 16.6. The molecule has 4 saturated carbocycles. The van der Waals surface area contributed by atoms with Crippen LogP contribution in [0.5, 0.6) is 0 Å². The number of nitrogens with two attached hydrogens (primary N) is 2. The standard InChI is InChI=1S/C11H18N2O2/c12-9-8-2-6-1-7(3-8)5-11(9,4-6)15-10(13)14/h6-9H,1-5,12H2,(H2,13,14). The molecule has 4 nitrogen and oxygen atoms in total. The molecule has 3 atom stereocenters. The Hall–Kier alpha value is -0.770. The fourth-order valence-electron chi connectivity index (χ4n) is 4.36. The minimum absolute atomic E-state index is 0.0119. The first-order valence-electron chi connectivity index (χ1n) is 5.83. The van der Waals surface area contributed by atoms with Gasteiger partial charge in [0, 0.05) is 6.04 Å². The largest absolute Gasteiger partial charge is 0.441 e. The van der Waals surface area contributed by atoms with Crippen molar-refractivity contribution in [3.63, 3.8) is 0 Å². The van der Waals surface area contributed by atoms with E-state index < -0.39 is 11.7 Å². The van der Waals surface area contributed by atoms with E-state index in [1.54, 1.807) is 0 Å². The van der Waals surface area contributed by atoms with Crippen molar-refractivity contribution in [3.05, 3.63) is 0 Å². The number of ether oxygens (including phenoxy) is 1. The number of rotatable bonds is 1. The van der Waals surface area contributed by atoms with Crippen LogP contribution in [-0.2, 0) is 4.74 Å². The van der Waals surface area contributed by atoms with Gasteiger partial charge in [0.2, 0.25) is 0 Å². The number of amides is 1. The van der Waals surface area contributed by atoms with Crippen molar-refractivity contribution in [2.24, 2.45) is 29.2 Å². The van der Waals surface area contributed by atoms with Gasteiger partial charge in [0.05, 0.1) is 0 Å². The maximum Gasteiger partial charge on any atom is 0.405 e. The number of carbonyl (C=O) groups excluding carboxylic acids is 1. The summed E-state index contributed by atoms with van der Waals surface area (Å²) in [5, 5.41) is 0. The van der Waals surface area contributed by atoms with Crippen molar-refractivity contribution in [2.45, 2.75) is 43.7 Å². The zero-order valence-electron chi connectivity index (χ0n) is 8.82. The molecule has 0 spiro atoms. The highest BCUT2D eigenvalue weighted by Gasteiger charge is 2.58. The summed E-state index contributed by atoms with van der Waals surface area (Å²) in [6.07, 6.45) is 4.96. The fourth-order valence-corrected chi connectivity index (χ4v) is 4.36. The van der Waals surface area contributed by atoms with Gasteiger partial charge >= 0.3 is 6.09 Å². The van der Waals surface area contributed by atoms with Gasteiger partial charge in [0.15, 0.2) is 0 Å². The lowest BCUT2D eigenvalue weighted by Gasteiger charge is -2.58. The summed E-state index contributed by atoms with van der Waals surface area (Å²) in [6.45, 7) is 0. The number of carbonyl (C=O) groups is 1. The number of hydrogen-bond donors (Lipinski definition) is 2. The molecule has 0 aromatic heterocycles. The van der Waals surface area contributed by atoms with Crippen molar-refractivity contribution in [2.75, 3.05) is 0 Å². The van der Waals surface area contributed by atoms with Crippen molar-refractivity contribution in [3.8, 4) is 0 Å². The number of hydrogen-bond acceptors (Lipinski definition) is 3. The maximum absolute atomic E-state index is 11.0. The Balaban J connectivity index is 1.90. The van der Waals surface area contributed by atoms with Crippen molar-refractivity contribution in [1.82, 2.24) is 0 Å². The highest BCUT2D eigenvalue weighted by molar-refractivity contribution is 5.65. The summed E-state index contributed by atoms with van der Waals surface area (Å²) in [4.78, 5) is 11.0. The molecule has 0 aromatic rings. The third-order valence-corrected chi connectivity index (χ3v) is 4.63. The quantitative estimate of drug-likeness (QED) is 0.677. The maximum atomic E-state index is 11.0. The summed E-state index contributed by atoms with van der Waals surface area (Å²) in [6, 6.07) is 0.0119. The molecule has 0 heterocycles. The zero-order valence-corrected chi connectivity index (χ0v) is 8.82. The monoisotopic (exact) mass is 210 g/mol. The molecule has 1 amide bonds. The second-order valence-electron chi connectivity index (χ2n) is 5.62. The molecule has 4 aliphatic carbocycles. The van der Waals surface area contributed by atoms with Crippen LogP contribution in [0.15, 0.2) is 0 Å². The van der Waals surface area contributed by atoms with Crippen molar-refractivity contribution < 1.29 is 9.53 Å². The normalized spacial score (nSPS) is 51.8. The summed E-state index contributed by atoms with van der Waals surface area (Å²) in [5.41, 5.74) is 11.0. The topological polar surface area (TPSA) is 78.3 Å². The molecule has 0 aliphatic heterocycles. The Kier molecular flexibility index (Phi) is 1.81. The lowest BCUT2D eigenvalue weighted by Crippen LogP contribution is -2.65. The minimum atomic E-state index is -0.660.